The van der Waals surface area contributed by atoms with E-state index in [2.05, 4.69) is 10.3 Å². The van der Waals surface area contributed by atoms with E-state index in [0.717, 1.165) is 0 Å². The van der Waals surface area contributed by atoms with Crippen LogP contribution in [-0.2, 0) is 16.1 Å². The molecule has 0 radical (unpaired) electrons. The van der Waals surface area contributed by atoms with Gasteiger partial charge in [-0.25, -0.2) is 9.78 Å². The molecular weight excluding hydrogens is 284 g/mol. The van der Waals surface area contributed by atoms with Crippen molar-refractivity contribution in [2.24, 2.45) is 0 Å². The number of amides is 1. The summed E-state index contributed by atoms with van der Waals surface area (Å²) in [4.78, 5) is 28.3. The highest BCUT2D eigenvalue weighted by atomic mass is 16.6. The zero-order chi connectivity index (χ0) is 16.5. The summed E-state index contributed by atoms with van der Waals surface area (Å²) in [7, 11) is 0. The molecule has 0 spiro atoms. The second-order valence-electron chi connectivity index (χ2n) is 6.97. The Kier molecular flexibility index (Phi) is 4.24. The number of aromatic nitrogens is 1. The number of anilines is 1. The Morgan fingerprint density at radius 1 is 1.36 bits per heavy atom. The van der Waals surface area contributed by atoms with Gasteiger partial charge in [0.1, 0.15) is 11.4 Å². The summed E-state index contributed by atoms with van der Waals surface area (Å²) in [5.74, 6) is 0.331. The first-order valence-corrected chi connectivity index (χ1v) is 7.23. The van der Waals surface area contributed by atoms with Crippen molar-refractivity contribution in [1.82, 2.24) is 4.98 Å². The van der Waals surface area contributed by atoms with E-state index in [-0.39, 0.29) is 12.4 Å². The van der Waals surface area contributed by atoms with Gasteiger partial charge in [0.2, 0.25) is 0 Å². The van der Waals surface area contributed by atoms with Crippen LogP contribution in [0, 0.1) is 0 Å². The summed E-state index contributed by atoms with van der Waals surface area (Å²) in [6.45, 7) is 9.33. The first-order valence-electron chi connectivity index (χ1n) is 7.23. The molecule has 0 bridgehead atoms. The number of hydrogen-bond acceptors (Lipinski definition) is 5. The number of carbonyl (C=O) groups is 2. The lowest BCUT2D eigenvalue weighted by Crippen LogP contribution is -2.27. The Hall–Kier alpha value is -1.95. The Bertz CT molecular complexity index is 603. The number of carbonyl (C=O) groups excluding carboxylic acids is 2. The van der Waals surface area contributed by atoms with E-state index in [9.17, 15) is 9.59 Å². The fourth-order valence-electron chi connectivity index (χ4n) is 2.14. The first kappa shape index (κ1) is 16.4. The molecule has 6 heteroatoms. The van der Waals surface area contributed by atoms with Crippen LogP contribution in [-0.4, -0.2) is 28.1 Å². The van der Waals surface area contributed by atoms with Crippen LogP contribution < -0.4 is 5.32 Å². The summed E-state index contributed by atoms with van der Waals surface area (Å²) in [5.41, 5.74) is -0.0282. The number of Topliss-reactive ketones (excluding diaryl/α,β-unsaturated/α-hetero) is 1. The molecule has 1 aliphatic rings. The van der Waals surface area contributed by atoms with E-state index in [4.69, 9.17) is 9.47 Å². The summed E-state index contributed by atoms with van der Waals surface area (Å²) < 4.78 is 10.9. The lowest BCUT2D eigenvalue weighted by atomic mass is 9.98. The number of ether oxygens (including phenoxy) is 2. The average molecular weight is 306 g/mol. The molecule has 1 aliphatic heterocycles. The SMILES string of the molecule is CC(C)(C)OC(=O)Nc1ccc2c(n1)COC(C)(C)CC2=O. The number of hydrogen-bond donors (Lipinski definition) is 1. The van der Waals surface area contributed by atoms with Crippen molar-refractivity contribution in [3.8, 4) is 0 Å². The van der Waals surface area contributed by atoms with Gasteiger partial charge in [0.25, 0.3) is 0 Å². The van der Waals surface area contributed by atoms with Crippen molar-refractivity contribution in [3.63, 3.8) is 0 Å². The van der Waals surface area contributed by atoms with Gasteiger partial charge < -0.3 is 9.47 Å². The molecule has 1 N–H and O–H groups in total. The van der Waals surface area contributed by atoms with Gasteiger partial charge in [0.05, 0.1) is 17.9 Å². The average Bonchev–Trinajstić information content (AvgIpc) is 2.43. The zero-order valence-electron chi connectivity index (χ0n) is 13.6. The molecule has 0 aliphatic carbocycles. The maximum absolute atomic E-state index is 12.2. The highest BCUT2D eigenvalue weighted by Crippen LogP contribution is 2.26. The molecule has 0 fully saturated rings. The summed E-state index contributed by atoms with van der Waals surface area (Å²) in [6.07, 6.45) is -0.276. The predicted molar refractivity (Wildman–Crippen MR) is 81.9 cm³/mol. The standard InChI is InChI=1S/C16H22N2O4/c1-15(2,3)22-14(20)18-13-7-6-10-11(17-13)9-21-16(4,5)8-12(10)19/h6-7H,8-9H2,1-5H3,(H,17,18,20). The highest BCUT2D eigenvalue weighted by molar-refractivity contribution is 5.98. The van der Waals surface area contributed by atoms with Gasteiger partial charge in [-0.15, -0.1) is 0 Å². The molecule has 1 aromatic rings. The van der Waals surface area contributed by atoms with Gasteiger partial charge in [-0.2, -0.15) is 0 Å². The third-order valence-electron chi connectivity index (χ3n) is 3.09. The van der Waals surface area contributed by atoms with Crippen molar-refractivity contribution in [2.75, 3.05) is 5.32 Å². The lowest BCUT2D eigenvalue weighted by molar-refractivity contribution is -0.0273. The van der Waals surface area contributed by atoms with Crippen LogP contribution in [0.15, 0.2) is 12.1 Å². The van der Waals surface area contributed by atoms with Gasteiger partial charge in [0, 0.05) is 12.0 Å². The largest absolute Gasteiger partial charge is 0.444 e. The quantitative estimate of drug-likeness (QED) is 0.861. The van der Waals surface area contributed by atoms with E-state index in [1.165, 1.54) is 0 Å². The molecule has 0 atom stereocenters. The number of nitrogens with one attached hydrogen (secondary N) is 1. The van der Waals surface area contributed by atoms with Crippen LogP contribution in [0.3, 0.4) is 0 Å². The Morgan fingerprint density at radius 3 is 2.68 bits per heavy atom. The third-order valence-corrected chi connectivity index (χ3v) is 3.09. The van der Waals surface area contributed by atoms with E-state index in [0.29, 0.717) is 23.5 Å². The summed E-state index contributed by atoms with van der Waals surface area (Å²) >= 11 is 0. The molecule has 0 unspecified atom stereocenters. The third kappa shape index (κ3) is 4.27. The fraction of sp³-hybridized carbons (Fsp3) is 0.562. The molecular formula is C16H22N2O4. The van der Waals surface area contributed by atoms with Gasteiger partial charge in [-0.1, -0.05) is 0 Å². The zero-order valence-corrected chi connectivity index (χ0v) is 13.6. The Labute approximate surface area is 130 Å². The van der Waals surface area contributed by atoms with Gasteiger partial charge in [0.15, 0.2) is 5.78 Å². The second kappa shape index (κ2) is 5.68. The van der Waals surface area contributed by atoms with Gasteiger partial charge in [-0.3, -0.25) is 10.1 Å². The molecule has 1 aromatic heterocycles. The number of pyridine rings is 1. The summed E-state index contributed by atoms with van der Waals surface area (Å²) in [6, 6.07) is 3.26. The van der Waals surface area contributed by atoms with Crippen LogP contribution in [0.1, 0.15) is 57.1 Å². The highest BCUT2D eigenvalue weighted by Gasteiger charge is 2.29. The maximum atomic E-state index is 12.2. The van der Waals surface area contributed by atoms with Crippen molar-refractivity contribution in [2.45, 2.75) is 58.8 Å². The minimum Gasteiger partial charge on any atom is -0.444 e. The first-order chi connectivity index (χ1) is 10.1. The number of rotatable bonds is 1. The summed E-state index contributed by atoms with van der Waals surface area (Å²) in [5, 5.41) is 2.57. The molecule has 1 amide bonds. The minimum atomic E-state index is -0.584. The van der Waals surface area contributed by atoms with Crippen molar-refractivity contribution in [3.05, 3.63) is 23.4 Å². The Morgan fingerprint density at radius 2 is 2.05 bits per heavy atom. The van der Waals surface area contributed by atoms with E-state index in [1.807, 2.05) is 13.8 Å². The molecule has 0 saturated carbocycles. The van der Waals surface area contributed by atoms with Crippen LogP contribution in [0.5, 0.6) is 0 Å². The molecule has 2 heterocycles. The van der Waals surface area contributed by atoms with Crippen molar-refractivity contribution in [1.29, 1.82) is 0 Å². The molecule has 120 valence electrons. The molecule has 6 nitrogen and oxygen atoms in total. The van der Waals surface area contributed by atoms with Crippen LogP contribution >= 0.6 is 0 Å². The van der Waals surface area contributed by atoms with Crippen molar-refractivity contribution >= 4 is 17.7 Å². The van der Waals surface area contributed by atoms with E-state index < -0.39 is 17.3 Å². The fourth-order valence-corrected chi connectivity index (χ4v) is 2.14. The lowest BCUT2D eigenvalue weighted by Gasteiger charge is -2.21. The monoisotopic (exact) mass is 306 g/mol. The Balaban J connectivity index is 2.17. The van der Waals surface area contributed by atoms with Crippen LogP contribution in [0.25, 0.3) is 0 Å². The topological polar surface area (TPSA) is 77.5 Å². The molecule has 2 rings (SSSR count). The van der Waals surface area contributed by atoms with E-state index >= 15 is 0 Å². The maximum Gasteiger partial charge on any atom is 0.413 e. The van der Waals surface area contributed by atoms with Crippen LogP contribution in [0.4, 0.5) is 10.6 Å². The molecule has 0 aromatic carbocycles. The van der Waals surface area contributed by atoms with Crippen LogP contribution in [0.2, 0.25) is 0 Å². The minimum absolute atomic E-state index is 0.00572. The molecule has 0 saturated heterocycles. The van der Waals surface area contributed by atoms with Crippen molar-refractivity contribution < 1.29 is 19.1 Å². The second-order valence-corrected chi connectivity index (χ2v) is 6.97. The number of nitrogens with zero attached hydrogens (tertiary/aromatic N) is 1. The van der Waals surface area contributed by atoms with Gasteiger partial charge >= 0.3 is 6.09 Å². The number of fused-ring (bicyclic) bond motifs is 1. The molecule has 22 heavy (non-hydrogen) atoms. The van der Waals surface area contributed by atoms with Gasteiger partial charge in [-0.05, 0) is 46.8 Å². The smallest absolute Gasteiger partial charge is 0.413 e. The number of ketones is 1. The normalized spacial score (nSPS) is 17.4. The van der Waals surface area contributed by atoms with E-state index in [1.54, 1.807) is 32.9 Å². The predicted octanol–water partition coefficient (Wildman–Crippen LogP) is 3.31.